The minimum atomic E-state index is -0.494. The fourth-order valence-electron chi connectivity index (χ4n) is 2.28. The zero-order valence-corrected chi connectivity index (χ0v) is 12.3. The molecule has 0 heterocycles. The van der Waals surface area contributed by atoms with E-state index in [1.807, 2.05) is 19.9 Å². The van der Waals surface area contributed by atoms with E-state index in [1.54, 1.807) is 12.1 Å². The summed E-state index contributed by atoms with van der Waals surface area (Å²) in [6.45, 7) is 5.52. The summed E-state index contributed by atoms with van der Waals surface area (Å²) in [6.07, 6.45) is 1.95. The molecule has 2 rings (SSSR count). The van der Waals surface area contributed by atoms with Crippen molar-refractivity contribution in [2.45, 2.75) is 51.5 Å². The topological polar surface area (TPSA) is 32.7 Å². The van der Waals surface area contributed by atoms with E-state index in [4.69, 9.17) is 4.74 Å². The van der Waals surface area contributed by atoms with Crippen molar-refractivity contribution in [3.63, 3.8) is 0 Å². The van der Waals surface area contributed by atoms with E-state index in [-0.39, 0.29) is 11.9 Å². The van der Waals surface area contributed by atoms with E-state index in [1.165, 1.54) is 6.07 Å². The lowest BCUT2D eigenvalue weighted by atomic mass is 10.2. The van der Waals surface area contributed by atoms with E-state index >= 15 is 0 Å². The van der Waals surface area contributed by atoms with Gasteiger partial charge in [0.2, 0.25) is 0 Å². The molecule has 1 aromatic rings. The number of aliphatic hydroxyl groups is 1. The lowest BCUT2D eigenvalue weighted by molar-refractivity contribution is -0.0107. The van der Waals surface area contributed by atoms with Gasteiger partial charge in [0.05, 0.1) is 18.8 Å². The van der Waals surface area contributed by atoms with Gasteiger partial charge in [-0.15, -0.1) is 0 Å². The molecule has 20 heavy (non-hydrogen) atoms. The number of hydrogen-bond donors (Lipinski definition) is 1. The first-order valence-corrected chi connectivity index (χ1v) is 7.32. The first kappa shape index (κ1) is 15.4. The SMILES string of the molecule is CC(C)OCC(O)CN(Cc1cccc(F)c1)C1CC1. The average Bonchev–Trinajstić information content (AvgIpc) is 3.20. The molecule has 0 aliphatic heterocycles. The molecule has 1 fully saturated rings. The second kappa shape index (κ2) is 7.16. The summed E-state index contributed by atoms with van der Waals surface area (Å²) < 4.78 is 18.7. The number of halogens is 1. The summed E-state index contributed by atoms with van der Waals surface area (Å²) in [6, 6.07) is 7.19. The van der Waals surface area contributed by atoms with Crippen molar-refractivity contribution >= 4 is 0 Å². The van der Waals surface area contributed by atoms with E-state index in [0.717, 1.165) is 18.4 Å². The van der Waals surface area contributed by atoms with Crippen LogP contribution < -0.4 is 0 Å². The van der Waals surface area contributed by atoms with E-state index in [9.17, 15) is 9.50 Å². The molecule has 0 saturated heterocycles. The van der Waals surface area contributed by atoms with Gasteiger partial charge in [-0.25, -0.2) is 4.39 Å². The second-order valence-electron chi connectivity index (χ2n) is 5.83. The molecule has 1 aromatic carbocycles. The van der Waals surface area contributed by atoms with Gasteiger partial charge in [0.1, 0.15) is 5.82 Å². The van der Waals surface area contributed by atoms with Gasteiger partial charge >= 0.3 is 0 Å². The van der Waals surface area contributed by atoms with Crippen LogP contribution in [-0.4, -0.2) is 41.4 Å². The summed E-state index contributed by atoms with van der Waals surface area (Å²) in [5, 5.41) is 10.0. The van der Waals surface area contributed by atoms with Gasteiger partial charge < -0.3 is 9.84 Å². The Bertz CT molecular complexity index is 421. The van der Waals surface area contributed by atoms with Crippen molar-refractivity contribution < 1.29 is 14.2 Å². The first-order chi connectivity index (χ1) is 9.54. The van der Waals surface area contributed by atoms with Gasteiger partial charge in [-0.3, -0.25) is 4.90 Å². The highest BCUT2D eigenvalue weighted by Crippen LogP contribution is 2.28. The van der Waals surface area contributed by atoms with Crippen molar-refractivity contribution in [2.75, 3.05) is 13.2 Å². The number of aliphatic hydroxyl groups excluding tert-OH is 1. The molecule has 0 spiro atoms. The summed E-state index contributed by atoms with van der Waals surface area (Å²) in [7, 11) is 0. The maximum atomic E-state index is 13.2. The number of rotatable bonds is 8. The van der Waals surface area contributed by atoms with Crippen LogP contribution in [0.25, 0.3) is 0 Å². The molecule has 4 heteroatoms. The molecular formula is C16H24FNO2. The number of hydrogen-bond acceptors (Lipinski definition) is 3. The van der Waals surface area contributed by atoms with Crippen LogP contribution in [0, 0.1) is 5.82 Å². The largest absolute Gasteiger partial charge is 0.389 e. The molecule has 1 N–H and O–H groups in total. The second-order valence-corrected chi connectivity index (χ2v) is 5.83. The molecule has 3 nitrogen and oxygen atoms in total. The van der Waals surface area contributed by atoms with Crippen LogP contribution in [0.4, 0.5) is 4.39 Å². The van der Waals surface area contributed by atoms with Crippen molar-refractivity contribution in [2.24, 2.45) is 0 Å². The zero-order chi connectivity index (χ0) is 14.5. The average molecular weight is 281 g/mol. The van der Waals surface area contributed by atoms with Crippen LogP contribution in [-0.2, 0) is 11.3 Å². The molecule has 0 amide bonds. The number of nitrogens with zero attached hydrogens (tertiary/aromatic N) is 1. The predicted octanol–water partition coefficient (Wildman–Crippen LogP) is 2.58. The number of ether oxygens (including phenoxy) is 1. The predicted molar refractivity (Wildman–Crippen MR) is 76.9 cm³/mol. The van der Waals surface area contributed by atoms with Crippen LogP contribution in [0.5, 0.6) is 0 Å². The van der Waals surface area contributed by atoms with Gasteiger partial charge in [-0.1, -0.05) is 12.1 Å². The normalized spacial score (nSPS) is 16.9. The Hall–Kier alpha value is -0.970. The van der Waals surface area contributed by atoms with Gasteiger partial charge in [-0.2, -0.15) is 0 Å². The molecule has 0 aromatic heterocycles. The smallest absolute Gasteiger partial charge is 0.123 e. The Kier molecular flexibility index (Phi) is 5.52. The minimum absolute atomic E-state index is 0.127. The first-order valence-electron chi connectivity index (χ1n) is 7.32. The van der Waals surface area contributed by atoms with Gasteiger partial charge in [0.15, 0.2) is 0 Å². The van der Waals surface area contributed by atoms with Crippen molar-refractivity contribution in [3.8, 4) is 0 Å². The van der Waals surface area contributed by atoms with Crippen LogP contribution >= 0.6 is 0 Å². The van der Waals surface area contributed by atoms with Crippen molar-refractivity contribution in [1.82, 2.24) is 4.90 Å². The van der Waals surface area contributed by atoms with E-state index in [0.29, 0.717) is 25.7 Å². The summed E-state index contributed by atoms with van der Waals surface area (Å²) in [4.78, 5) is 2.23. The number of benzene rings is 1. The quantitative estimate of drug-likeness (QED) is 0.795. The molecule has 1 saturated carbocycles. The van der Waals surface area contributed by atoms with Crippen LogP contribution in [0.2, 0.25) is 0 Å². The molecule has 1 atom stereocenters. The van der Waals surface area contributed by atoms with Crippen molar-refractivity contribution in [1.29, 1.82) is 0 Å². The van der Waals surface area contributed by atoms with Crippen molar-refractivity contribution in [3.05, 3.63) is 35.6 Å². The standard InChI is InChI=1S/C16H24FNO2/c1-12(2)20-11-16(19)10-18(15-6-7-15)9-13-4-3-5-14(17)8-13/h3-5,8,12,15-16,19H,6-7,9-11H2,1-2H3. The minimum Gasteiger partial charge on any atom is -0.389 e. The maximum Gasteiger partial charge on any atom is 0.123 e. The molecule has 1 unspecified atom stereocenters. The third-order valence-corrected chi connectivity index (χ3v) is 3.41. The Morgan fingerprint density at radius 1 is 1.40 bits per heavy atom. The monoisotopic (exact) mass is 281 g/mol. The Labute approximate surface area is 120 Å². The lowest BCUT2D eigenvalue weighted by Gasteiger charge is -2.25. The zero-order valence-electron chi connectivity index (χ0n) is 12.3. The van der Waals surface area contributed by atoms with Gasteiger partial charge in [0, 0.05) is 19.1 Å². The molecule has 0 bridgehead atoms. The third kappa shape index (κ3) is 5.19. The van der Waals surface area contributed by atoms with E-state index in [2.05, 4.69) is 4.90 Å². The molecule has 1 aliphatic carbocycles. The van der Waals surface area contributed by atoms with Gasteiger partial charge in [0.25, 0.3) is 0 Å². The Morgan fingerprint density at radius 2 is 2.15 bits per heavy atom. The van der Waals surface area contributed by atoms with Gasteiger partial charge in [-0.05, 0) is 44.4 Å². The highest BCUT2D eigenvalue weighted by molar-refractivity contribution is 5.16. The summed E-state index contributed by atoms with van der Waals surface area (Å²) in [5.74, 6) is -0.207. The van der Waals surface area contributed by atoms with Crippen LogP contribution in [0.1, 0.15) is 32.3 Å². The summed E-state index contributed by atoms with van der Waals surface area (Å²) >= 11 is 0. The Morgan fingerprint density at radius 3 is 2.75 bits per heavy atom. The highest BCUT2D eigenvalue weighted by atomic mass is 19.1. The highest BCUT2D eigenvalue weighted by Gasteiger charge is 2.30. The maximum absolute atomic E-state index is 13.2. The molecule has 0 radical (unpaired) electrons. The third-order valence-electron chi connectivity index (χ3n) is 3.41. The fraction of sp³-hybridized carbons (Fsp3) is 0.625. The molecule has 112 valence electrons. The lowest BCUT2D eigenvalue weighted by Crippen LogP contribution is -2.36. The van der Waals surface area contributed by atoms with Crippen LogP contribution in [0.15, 0.2) is 24.3 Å². The van der Waals surface area contributed by atoms with E-state index < -0.39 is 6.10 Å². The summed E-state index contributed by atoms with van der Waals surface area (Å²) in [5.41, 5.74) is 0.953. The molecule has 1 aliphatic rings. The fourth-order valence-corrected chi connectivity index (χ4v) is 2.28. The Balaban J connectivity index is 1.87. The van der Waals surface area contributed by atoms with Crippen LogP contribution in [0.3, 0.4) is 0 Å². The molecular weight excluding hydrogens is 257 g/mol.